The van der Waals surface area contributed by atoms with Gasteiger partial charge < -0.3 is 0 Å². The molecule has 15 heavy (non-hydrogen) atoms. The molecule has 1 heterocycles. The van der Waals surface area contributed by atoms with E-state index in [0.29, 0.717) is 6.42 Å². The number of alkyl halides is 1. The molecule has 0 radical (unpaired) electrons. The summed E-state index contributed by atoms with van der Waals surface area (Å²) in [4.78, 5) is 15.8. The van der Waals surface area contributed by atoms with Gasteiger partial charge in [-0.1, -0.05) is 42.8 Å². The highest BCUT2D eigenvalue weighted by Gasteiger charge is 2.27. The number of carbonyl (C=O) groups excluding carboxylic acids is 1. The number of halogens is 1. The van der Waals surface area contributed by atoms with Crippen LogP contribution in [0, 0.1) is 5.41 Å². The Hall–Kier alpha value is -0.700. The molecule has 0 saturated heterocycles. The van der Waals surface area contributed by atoms with Crippen molar-refractivity contribution >= 4 is 21.7 Å². The molecule has 0 aliphatic rings. The van der Waals surface area contributed by atoms with Crippen LogP contribution in [0.25, 0.3) is 0 Å². The zero-order chi connectivity index (χ0) is 11.5. The fourth-order valence-electron chi connectivity index (χ4n) is 1.29. The van der Waals surface area contributed by atoms with Gasteiger partial charge in [-0.05, 0) is 18.1 Å². The van der Waals surface area contributed by atoms with Crippen LogP contribution >= 0.6 is 15.9 Å². The van der Waals surface area contributed by atoms with Crippen molar-refractivity contribution in [3.8, 4) is 0 Å². The van der Waals surface area contributed by atoms with Crippen LogP contribution in [0.15, 0.2) is 24.5 Å². The van der Waals surface area contributed by atoms with Crippen LogP contribution in [-0.4, -0.2) is 15.6 Å². The third-order valence-electron chi connectivity index (χ3n) is 2.16. The molecule has 0 bridgehead atoms. The van der Waals surface area contributed by atoms with E-state index < -0.39 is 0 Å². The molecule has 1 unspecified atom stereocenters. The maximum atomic E-state index is 11.9. The Morgan fingerprint density at radius 2 is 2.20 bits per heavy atom. The largest absolute Gasteiger partial charge is 0.298 e. The number of hydrogen-bond donors (Lipinski definition) is 0. The number of nitrogens with zero attached hydrogens (tertiary/aromatic N) is 1. The van der Waals surface area contributed by atoms with E-state index in [9.17, 15) is 4.79 Å². The standard InChI is InChI=1S/C12H16BrNO/c1-12(2,3)11(15)10(13)7-9-5-4-6-14-8-9/h4-6,8,10H,7H2,1-3H3. The monoisotopic (exact) mass is 269 g/mol. The van der Waals surface area contributed by atoms with E-state index in [2.05, 4.69) is 20.9 Å². The Labute approximate surface area is 99.2 Å². The third kappa shape index (κ3) is 3.74. The first-order chi connectivity index (χ1) is 6.91. The number of ketones is 1. The van der Waals surface area contributed by atoms with Gasteiger partial charge in [0.2, 0.25) is 0 Å². The van der Waals surface area contributed by atoms with E-state index in [-0.39, 0.29) is 16.0 Å². The summed E-state index contributed by atoms with van der Waals surface area (Å²) in [6, 6.07) is 3.87. The summed E-state index contributed by atoms with van der Waals surface area (Å²) in [6.07, 6.45) is 4.23. The molecule has 82 valence electrons. The van der Waals surface area contributed by atoms with Gasteiger partial charge in [-0.15, -0.1) is 0 Å². The zero-order valence-electron chi connectivity index (χ0n) is 9.33. The number of aromatic nitrogens is 1. The second kappa shape index (κ2) is 4.88. The van der Waals surface area contributed by atoms with E-state index >= 15 is 0 Å². The Kier molecular flexibility index (Phi) is 4.03. The summed E-state index contributed by atoms with van der Waals surface area (Å²) in [5.74, 6) is 0.228. The van der Waals surface area contributed by atoms with Crippen molar-refractivity contribution in [3.63, 3.8) is 0 Å². The lowest BCUT2D eigenvalue weighted by molar-refractivity contribution is -0.125. The molecule has 1 aromatic heterocycles. The summed E-state index contributed by atoms with van der Waals surface area (Å²) in [7, 11) is 0. The fraction of sp³-hybridized carbons (Fsp3) is 0.500. The molecule has 0 aliphatic carbocycles. The van der Waals surface area contributed by atoms with Crippen molar-refractivity contribution in [2.24, 2.45) is 5.41 Å². The molecule has 0 amide bonds. The van der Waals surface area contributed by atoms with Crippen LogP contribution in [-0.2, 0) is 11.2 Å². The molecular formula is C12H16BrNO. The van der Waals surface area contributed by atoms with E-state index in [1.807, 2.05) is 32.9 Å². The van der Waals surface area contributed by atoms with Gasteiger partial charge in [-0.3, -0.25) is 9.78 Å². The number of rotatable bonds is 3. The summed E-state index contributed by atoms with van der Waals surface area (Å²) >= 11 is 3.44. The van der Waals surface area contributed by atoms with Gasteiger partial charge in [0.15, 0.2) is 5.78 Å². The highest BCUT2D eigenvalue weighted by molar-refractivity contribution is 9.10. The van der Waals surface area contributed by atoms with Crippen molar-refractivity contribution in [2.45, 2.75) is 32.0 Å². The summed E-state index contributed by atoms with van der Waals surface area (Å²) in [5, 5.41) is 0. The molecule has 1 aromatic rings. The van der Waals surface area contributed by atoms with Gasteiger partial charge in [0.05, 0.1) is 4.83 Å². The maximum Gasteiger partial charge on any atom is 0.152 e. The minimum atomic E-state index is -0.295. The molecule has 0 N–H and O–H groups in total. The first-order valence-electron chi connectivity index (χ1n) is 4.98. The average molecular weight is 270 g/mol. The quantitative estimate of drug-likeness (QED) is 0.790. The number of pyridine rings is 1. The smallest absolute Gasteiger partial charge is 0.152 e. The van der Waals surface area contributed by atoms with Gasteiger partial charge in [-0.2, -0.15) is 0 Å². The first-order valence-corrected chi connectivity index (χ1v) is 5.90. The molecule has 0 spiro atoms. The second-order valence-corrected chi connectivity index (χ2v) is 5.75. The number of carbonyl (C=O) groups is 1. The number of hydrogen-bond acceptors (Lipinski definition) is 2. The molecule has 0 aromatic carbocycles. The van der Waals surface area contributed by atoms with E-state index in [0.717, 1.165) is 5.56 Å². The lowest BCUT2D eigenvalue weighted by Gasteiger charge is -2.20. The number of Topliss-reactive ketones (excluding diaryl/α,β-unsaturated/α-hetero) is 1. The zero-order valence-corrected chi connectivity index (χ0v) is 10.9. The fourth-order valence-corrected chi connectivity index (χ4v) is 2.35. The lowest BCUT2D eigenvalue weighted by atomic mass is 9.87. The van der Waals surface area contributed by atoms with Gasteiger partial charge in [-0.25, -0.2) is 0 Å². The Morgan fingerprint density at radius 3 is 2.67 bits per heavy atom. The van der Waals surface area contributed by atoms with Crippen molar-refractivity contribution < 1.29 is 4.79 Å². The molecular weight excluding hydrogens is 254 g/mol. The molecule has 1 atom stereocenters. The van der Waals surface area contributed by atoms with Crippen molar-refractivity contribution in [2.75, 3.05) is 0 Å². The summed E-state index contributed by atoms with van der Waals surface area (Å²) in [5.41, 5.74) is 0.785. The Morgan fingerprint density at radius 1 is 1.53 bits per heavy atom. The maximum absolute atomic E-state index is 11.9. The van der Waals surface area contributed by atoms with Crippen molar-refractivity contribution in [1.29, 1.82) is 0 Å². The highest BCUT2D eigenvalue weighted by Crippen LogP contribution is 2.22. The van der Waals surface area contributed by atoms with Gasteiger partial charge in [0.25, 0.3) is 0 Å². The summed E-state index contributed by atoms with van der Waals surface area (Å²) in [6.45, 7) is 5.81. The van der Waals surface area contributed by atoms with E-state index in [1.165, 1.54) is 0 Å². The SMILES string of the molecule is CC(C)(C)C(=O)C(Br)Cc1cccnc1. The third-order valence-corrected chi connectivity index (χ3v) is 2.90. The molecule has 0 saturated carbocycles. The average Bonchev–Trinajstić information content (AvgIpc) is 2.16. The van der Waals surface area contributed by atoms with E-state index in [1.54, 1.807) is 12.4 Å². The highest BCUT2D eigenvalue weighted by atomic mass is 79.9. The molecule has 2 nitrogen and oxygen atoms in total. The normalized spacial score (nSPS) is 13.6. The van der Waals surface area contributed by atoms with Crippen LogP contribution in [0.4, 0.5) is 0 Å². The van der Waals surface area contributed by atoms with Crippen molar-refractivity contribution in [3.05, 3.63) is 30.1 Å². The molecule has 0 aliphatic heterocycles. The Balaban J connectivity index is 2.65. The van der Waals surface area contributed by atoms with Crippen LogP contribution in [0.3, 0.4) is 0 Å². The topological polar surface area (TPSA) is 30.0 Å². The lowest BCUT2D eigenvalue weighted by Crippen LogP contribution is -2.30. The molecule has 3 heteroatoms. The predicted molar refractivity (Wildman–Crippen MR) is 65.1 cm³/mol. The summed E-state index contributed by atoms with van der Waals surface area (Å²) < 4.78 is 0. The molecule has 0 fully saturated rings. The second-order valence-electron chi connectivity index (χ2n) is 4.65. The van der Waals surface area contributed by atoms with Gasteiger partial charge in [0.1, 0.15) is 0 Å². The van der Waals surface area contributed by atoms with Crippen LogP contribution in [0.1, 0.15) is 26.3 Å². The van der Waals surface area contributed by atoms with Crippen LogP contribution < -0.4 is 0 Å². The van der Waals surface area contributed by atoms with Gasteiger partial charge >= 0.3 is 0 Å². The van der Waals surface area contributed by atoms with Crippen molar-refractivity contribution in [1.82, 2.24) is 4.98 Å². The predicted octanol–water partition coefficient (Wildman–Crippen LogP) is 3.00. The first kappa shape index (κ1) is 12.4. The van der Waals surface area contributed by atoms with E-state index in [4.69, 9.17) is 0 Å². The van der Waals surface area contributed by atoms with Crippen LogP contribution in [0.2, 0.25) is 0 Å². The van der Waals surface area contributed by atoms with Crippen LogP contribution in [0.5, 0.6) is 0 Å². The Bertz CT molecular complexity index is 329. The molecule has 1 rings (SSSR count). The minimum absolute atomic E-state index is 0.123. The van der Waals surface area contributed by atoms with Gasteiger partial charge in [0, 0.05) is 17.8 Å². The minimum Gasteiger partial charge on any atom is -0.298 e.